The number of benzene rings is 8. The molecule has 0 unspecified atom stereocenters. The molecule has 0 spiro atoms. The highest BCUT2D eigenvalue weighted by molar-refractivity contribution is 6.22. The lowest BCUT2D eigenvalue weighted by Crippen LogP contribution is -2.01. The molecule has 3 heterocycles. The molecule has 0 saturated heterocycles. The summed E-state index contributed by atoms with van der Waals surface area (Å²) >= 11 is 0. The maximum absolute atomic E-state index is 6.67. The van der Waals surface area contributed by atoms with Crippen LogP contribution in [0.15, 0.2) is 185 Å². The molecule has 0 N–H and O–H groups in total. The number of aromatic nitrogens is 3. The molecule has 0 bridgehead atoms. The van der Waals surface area contributed by atoms with E-state index in [-0.39, 0.29) is 0 Å². The Morgan fingerprint density at radius 1 is 0.404 bits per heavy atom. The molecule has 0 aliphatic carbocycles. The van der Waals surface area contributed by atoms with Gasteiger partial charge in [-0.25, -0.2) is 15.0 Å². The van der Waals surface area contributed by atoms with E-state index in [2.05, 4.69) is 127 Å². The summed E-state index contributed by atoms with van der Waals surface area (Å²) in [5.41, 5.74) is 11.4. The van der Waals surface area contributed by atoms with E-state index in [0.717, 1.165) is 88.0 Å². The molecule has 0 fully saturated rings. The molecule has 268 valence electrons. The second-order valence-corrected chi connectivity index (χ2v) is 14.2. The molecular weight excluding hydrogens is 699 g/mol. The van der Waals surface area contributed by atoms with Gasteiger partial charge in [-0.3, -0.25) is 0 Å². The maximum Gasteiger partial charge on any atom is 0.165 e. The fourth-order valence-corrected chi connectivity index (χ4v) is 8.27. The molecule has 0 saturated carbocycles. The third-order valence-electron chi connectivity index (χ3n) is 10.9. The van der Waals surface area contributed by atoms with Gasteiger partial charge in [0.05, 0.1) is 0 Å². The fourth-order valence-electron chi connectivity index (χ4n) is 8.27. The number of hydrogen-bond acceptors (Lipinski definition) is 5. The lowest BCUT2D eigenvalue weighted by Gasteiger charge is -2.14. The molecule has 0 radical (unpaired) electrons. The molecule has 0 atom stereocenters. The average Bonchev–Trinajstić information content (AvgIpc) is 3.86. The summed E-state index contributed by atoms with van der Waals surface area (Å²) in [6.07, 6.45) is 4.21. The minimum atomic E-state index is 0.559. The van der Waals surface area contributed by atoms with Crippen molar-refractivity contribution in [1.82, 2.24) is 15.0 Å². The van der Waals surface area contributed by atoms with E-state index in [4.69, 9.17) is 23.8 Å². The first-order valence-electron chi connectivity index (χ1n) is 19.1. The van der Waals surface area contributed by atoms with Crippen molar-refractivity contribution in [2.24, 2.45) is 0 Å². The van der Waals surface area contributed by atoms with Crippen LogP contribution in [0.25, 0.3) is 117 Å². The van der Waals surface area contributed by atoms with E-state index in [1.165, 1.54) is 11.1 Å². The van der Waals surface area contributed by atoms with Crippen molar-refractivity contribution < 1.29 is 8.83 Å². The van der Waals surface area contributed by atoms with Crippen molar-refractivity contribution >= 4 is 60.7 Å². The van der Waals surface area contributed by atoms with Crippen molar-refractivity contribution in [3.63, 3.8) is 0 Å². The van der Waals surface area contributed by atoms with Crippen molar-refractivity contribution in [2.45, 2.75) is 6.92 Å². The van der Waals surface area contributed by atoms with E-state index >= 15 is 0 Å². The van der Waals surface area contributed by atoms with Gasteiger partial charge in [0, 0.05) is 43.6 Å². The SMILES string of the molecule is C/C=C\c1ccccc1-c1ccc(-c2nc(-c3ccccc3)nc(-c3c(-c4cccc5oc6c7ccccc7ccc6c45)ccc4oc5ccccc5c34)n2)cc1. The van der Waals surface area contributed by atoms with E-state index in [1.54, 1.807) is 0 Å². The molecule has 3 aromatic heterocycles. The highest BCUT2D eigenvalue weighted by atomic mass is 16.3. The average molecular weight is 732 g/mol. The number of rotatable bonds is 6. The first-order valence-corrected chi connectivity index (χ1v) is 19.1. The van der Waals surface area contributed by atoms with Crippen LogP contribution in [0.1, 0.15) is 12.5 Å². The molecule has 0 aliphatic rings. The van der Waals surface area contributed by atoms with E-state index < -0.39 is 0 Å². The van der Waals surface area contributed by atoms with Gasteiger partial charge in [0.2, 0.25) is 0 Å². The zero-order valence-electron chi connectivity index (χ0n) is 31.0. The summed E-state index contributed by atoms with van der Waals surface area (Å²) < 4.78 is 13.2. The van der Waals surface area contributed by atoms with Gasteiger partial charge in [-0.15, -0.1) is 0 Å². The van der Waals surface area contributed by atoms with Crippen LogP contribution in [0.3, 0.4) is 0 Å². The van der Waals surface area contributed by atoms with E-state index in [9.17, 15) is 0 Å². The molecule has 5 heteroatoms. The van der Waals surface area contributed by atoms with Gasteiger partial charge in [-0.05, 0) is 70.5 Å². The second-order valence-electron chi connectivity index (χ2n) is 14.2. The van der Waals surface area contributed by atoms with Gasteiger partial charge < -0.3 is 8.83 Å². The Bertz CT molecular complexity index is 3360. The summed E-state index contributed by atoms with van der Waals surface area (Å²) in [5.74, 6) is 1.73. The van der Waals surface area contributed by atoms with Gasteiger partial charge in [0.25, 0.3) is 0 Å². The number of fused-ring (bicyclic) bond motifs is 8. The van der Waals surface area contributed by atoms with Crippen molar-refractivity contribution in [3.8, 4) is 56.4 Å². The van der Waals surface area contributed by atoms with Gasteiger partial charge in [-0.1, -0.05) is 152 Å². The quantitative estimate of drug-likeness (QED) is 0.170. The summed E-state index contributed by atoms with van der Waals surface area (Å²) in [4.78, 5) is 15.8. The van der Waals surface area contributed by atoms with Crippen LogP contribution >= 0.6 is 0 Å². The number of nitrogens with zero attached hydrogens (tertiary/aromatic N) is 3. The van der Waals surface area contributed by atoms with Gasteiger partial charge >= 0.3 is 0 Å². The zero-order chi connectivity index (χ0) is 37.9. The lowest BCUT2D eigenvalue weighted by atomic mass is 9.91. The Morgan fingerprint density at radius 2 is 1.05 bits per heavy atom. The molecule has 11 rings (SSSR count). The molecule has 11 aromatic rings. The summed E-state index contributed by atoms with van der Waals surface area (Å²) in [5, 5.41) is 6.26. The molecular formula is C52H33N3O2. The summed E-state index contributed by atoms with van der Waals surface area (Å²) in [7, 11) is 0. The highest BCUT2D eigenvalue weighted by Crippen LogP contribution is 2.46. The summed E-state index contributed by atoms with van der Waals surface area (Å²) in [6.45, 7) is 2.04. The Labute approximate surface area is 328 Å². The number of hydrogen-bond donors (Lipinski definition) is 0. The van der Waals surface area contributed by atoms with Crippen LogP contribution in [0.5, 0.6) is 0 Å². The molecule has 0 amide bonds. The highest BCUT2D eigenvalue weighted by Gasteiger charge is 2.24. The van der Waals surface area contributed by atoms with Crippen LogP contribution in [0.2, 0.25) is 0 Å². The lowest BCUT2D eigenvalue weighted by molar-refractivity contribution is 0.669. The predicted molar refractivity (Wildman–Crippen MR) is 234 cm³/mol. The maximum atomic E-state index is 6.67. The number of allylic oxidation sites excluding steroid dienone is 1. The Morgan fingerprint density at radius 3 is 1.89 bits per heavy atom. The molecule has 5 nitrogen and oxygen atoms in total. The smallest absolute Gasteiger partial charge is 0.165 e. The van der Waals surface area contributed by atoms with Crippen LogP contribution in [-0.4, -0.2) is 15.0 Å². The second kappa shape index (κ2) is 13.3. The third-order valence-corrected chi connectivity index (χ3v) is 10.9. The van der Waals surface area contributed by atoms with Crippen LogP contribution in [-0.2, 0) is 0 Å². The zero-order valence-corrected chi connectivity index (χ0v) is 31.0. The Balaban J connectivity index is 1.19. The first kappa shape index (κ1) is 32.8. The predicted octanol–water partition coefficient (Wildman–Crippen LogP) is 14.2. The van der Waals surface area contributed by atoms with Crippen LogP contribution < -0.4 is 0 Å². The number of furan rings is 2. The van der Waals surface area contributed by atoms with Crippen LogP contribution in [0, 0.1) is 0 Å². The van der Waals surface area contributed by atoms with Crippen molar-refractivity contribution in [1.29, 1.82) is 0 Å². The topological polar surface area (TPSA) is 65.0 Å². The van der Waals surface area contributed by atoms with Gasteiger partial charge in [-0.2, -0.15) is 0 Å². The minimum Gasteiger partial charge on any atom is -0.456 e. The Hall–Kier alpha value is -7.63. The molecule has 0 aliphatic heterocycles. The molecule has 57 heavy (non-hydrogen) atoms. The normalized spacial score (nSPS) is 11.9. The monoisotopic (exact) mass is 731 g/mol. The number of para-hydroxylation sites is 1. The van der Waals surface area contributed by atoms with Crippen molar-refractivity contribution in [2.75, 3.05) is 0 Å². The van der Waals surface area contributed by atoms with E-state index in [0.29, 0.717) is 17.5 Å². The minimum absolute atomic E-state index is 0.559. The third kappa shape index (κ3) is 5.43. The summed E-state index contributed by atoms with van der Waals surface area (Å²) in [6, 6.07) is 58.4. The molecule has 8 aromatic carbocycles. The van der Waals surface area contributed by atoms with Gasteiger partial charge in [0.1, 0.15) is 22.3 Å². The standard InChI is InChI=1S/C52H33N3O2/c1-2-13-32-14-6-8-18-37(32)34-24-26-36(27-25-34)51-53-50(35-16-4-3-5-17-35)54-52(55-51)48-40(30-31-45-47(48)41-20-10-11-22-43(41)56-45)39-21-12-23-44-46(39)42-29-28-33-15-7-9-19-38(33)49(42)57-44/h2-31H,1H3/b13-2-. The van der Waals surface area contributed by atoms with E-state index in [1.807, 2.05) is 61.5 Å². The fraction of sp³-hybridized carbons (Fsp3) is 0.0192. The Kier molecular flexibility index (Phi) is 7.64. The van der Waals surface area contributed by atoms with Gasteiger partial charge in [0.15, 0.2) is 17.5 Å². The first-order chi connectivity index (χ1) is 28.2. The largest absolute Gasteiger partial charge is 0.456 e. The van der Waals surface area contributed by atoms with Crippen LogP contribution in [0.4, 0.5) is 0 Å². The van der Waals surface area contributed by atoms with Crippen molar-refractivity contribution in [3.05, 3.63) is 181 Å².